The third-order valence-corrected chi connectivity index (χ3v) is 3.71. The van der Waals surface area contributed by atoms with Crippen LogP contribution in [0.25, 0.3) is 0 Å². The van der Waals surface area contributed by atoms with Crippen LogP contribution < -0.4 is 4.74 Å². The number of hydrogen-bond donors (Lipinski definition) is 7. The lowest BCUT2D eigenvalue weighted by Gasteiger charge is -2.34. The van der Waals surface area contributed by atoms with E-state index in [2.05, 4.69) is 0 Å². The van der Waals surface area contributed by atoms with E-state index < -0.39 is 41.3 Å². The first-order chi connectivity index (χ1) is 10.8. The minimum absolute atomic E-state index is 0.0580. The Balaban J connectivity index is 2.09. The molecule has 3 rings (SSSR count). The van der Waals surface area contributed by atoms with Gasteiger partial charge in [0.2, 0.25) is 0 Å². The van der Waals surface area contributed by atoms with Gasteiger partial charge in [-0.15, -0.1) is 0 Å². The number of aliphatic hydroxyl groups is 2. The number of phenolic OH excluding ortho intramolecular Hbond substituents is 5. The molecule has 0 bridgehead atoms. The Morgan fingerprint density at radius 2 is 1.39 bits per heavy atom. The van der Waals surface area contributed by atoms with E-state index in [1.54, 1.807) is 0 Å². The van der Waals surface area contributed by atoms with E-state index in [0.717, 1.165) is 24.3 Å². The van der Waals surface area contributed by atoms with Gasteiger partial charge in [0, 0.05) is 17.7 Å². The average molecular weight is 322 g/mol. The lowest BCUT2D eigenvalue weighted by atomic mass is 9.91. The average Bonchev–Trinajstić information content (AvgIpc) is 2.47. The molecule has 3 atom stereocenters. The van der Waals surface area contributed by atoms with Gasteiger partial charge >= 0.3 is 0 Å². The Kier molecular flexibility index (Phi) is 3.35. The Morgan fingerprint density at radius 1 is 0.783 bits per heavy atom. The van der Waals surface area contributed by atoms with Crippen molar-refractivity contribution in [2.45, 2.75) is 18.3 Å². The molecule has 0 amide bonds. The predicted molar refractivity (Wildman–Crippen MR) is 75.5 cm³/mol. The number of aliphatic hydroxyl groups excluding tert-OH is 2. The lowest BCUT2D eigenvalue weighted by molar-refractivity contribution is -0.0711. The summed E-state index contributed by atoms with van der Waals surface area (Å²) in [6.45, 7) is 0. The van der Waals surface area contributed by atoms with Crippen LogP contribution in [-0.4, -0.2) is 41.8 Å². The van der Waals surface area contributed by atoms with Crippen molar-refractivity contribution < 1.29 is 40.5 Å². The van der Waals surface area contributed by atoms with Gasteiger partial charge in [0.1, 0.15) is 29.5 Å². The summed E-state index contributed by atoms with van der Waals surface area (Å²) in [6.07, 6.45) is -4.26. The molecule has 0 saturated heterocycles. The van der Waals surface area contributed by atoms with Crippen molar-refractivity contribution in [2.75, 3.05) is 0 Å². The van der Waals surface area contributed by atoms with E-state index in [4.69, 9.17) is 4.74 Å². The van der Waals surface area contributed by atoms with E-state index in [1.165, 1.54) is 0 Å². The van der Waals surface area contributed by atoms with Crippen LogP contribution in [0.15, 0.2) is 24.3 Å². The number of benzene rings is 2. The zero-order valence-corrected chi connectivity index (χ0v) is 11.6. The Labute approximate surface area is 129 Å². The number of phenols is 5. The quantitative estimate of drug-likeness (QED) is 0.380. The summed E-state index contributed by atoms with van der Waals surface area (Å²) in [6, 6.07) is 4.26. The van der Waals surface area contributed by atoms with Crippen molar-refractivity contribution in [3.05, 3.63) is 35.4 Å². The fraction of sp³-hybridized carbons (Fsp3) is 0.200. The van der Waals surface area contributed by atoms with E-state index in [9.17, 15) is 35.7 Å². The molecule has 0 saturated carbocycles. The van der Waals surface area contributed by atoms with Crippen LogP contribution in [0.2, 0.25) is 0 Å². The molecule has 8 heteroatoms. The first kappa shape index (κ1) is 15.1. The summed E-state index contributed by atoms with van der Waals surface area (Å²) in [5, 5.41) is 68.2. The highest BCUT2D eigenvalue weighted by Gasteiger charge is 2.39. The van der Waals surface area contributed by atoms with Gasteiger partial charge < -0.3 is 40.5 Å². The van der Waals surface area contributed by atoms with E-state index in [1.807, 2.05) is 0 Å². The molecular formula is C15H14O8. The summed E-state index contributed by atoms with van der Waals surface area (Å²) in [5.41, 5.74) is -0.00314. The van der Waals surface area contributed by atoms with Gasteiger partial charge in [0.25, 0.3) is 0 Å². The van der Waals surface area contributed by atoms with Crippen LogP contribution >= 0.6 is 0 Å². The Morgan fingerprint density at radius 3 is 2.00 bits per heavy atom. The number of hydrogen-bond acceptors (Lipinski definition) is 8. The van der Waals surface area contributed by atoms with Gasteiger partial charge in [-0.3, -0.25) is 0 Å². The first-order valence-corrected chi connectivity index (χ1v) is 6.63. The first-order valence-electron chi connectivity index (χ1n) is 6.63. The van der Waals surface area contributed by atoms with Crippen molar-refractivity contribution in [1.29, 1.82) is 0 Å². The van der Waals surface area contributed by atoms with Crippen LogP contribution in [0.5, 0.6) is 34.5 Å². The third kappa shape index (κ3) is 2.33. The molecule has 0 spiro atoms. The second-order valence-electron chi connectivity index (χ2n) is 5.26. The van der Waals surface area contributed by atoms with Gasteiger partial charge in [0.05, 0.1) is 5.56 Å². The molecule has 0 radical (unpaired) electrons. The van der Waals surface area contributed by atoms with Crippen LogP contribution in [0.1, 0.15) is 23.3 Å². The summed E-state index contributed by atoms with van der Waals surface area (Å²) in [5.74, 6) is -2.79. The molecule has 2 aromatic carbocycles. The van der Waals surface area contributed by atoms with E-state index >= 15 is 0 Å². The fourth-order valence-electron chi connectivity index (χ4n) is 2.59. The maximum Gasteiger partial charge on any atom is 0.200 e. The fourth-order valence-corrected chi connectivity index (χ4v) is 2.59. The van der Waals surface area contributed by atoms with Gasteiger partial charge in [-0.1, -0.05) is 0 Å². The molecule has 0 aromatic heterocycles. The second kappa shape index (κ2) is 5.11. The van der Waals surface area contributed by atoms with Gasteiger partial charge in [-0.05, 0) is 12.1 Å². The normalized spacial score (nSPS) is 23.1. The van der Waals surface area contributed by atoms with Crippen LogP contribution in [0.3, 0.4) is 0 Å². The molecule has 2 aromatic rings. The molecule has 1 aliphatic rings. The highest BCUT2D eigenvalue weighted by atomic mass is 16.5. The SMILES string of the molecule is Oc1cc(O)c2c(c1)OC(c1cc(O)c(O)c(O)c1)C(O)C2O. The molecule has 1 aliphatic heterocycles. The molecule has 0 fully saturated rings. The Hall–Kier alpha value is -2.84. The molecule has 8 nitrogen and oxygen atoms in total. The van der Waals surface area contributed by atoms with Crippen molar-refractivity contribution in [3.63, 3.8) is 0 Å². The maximum atomic E-state index is 10.2. The van der Waals surface area contributed by atoms with Crippen molar-refractivity contribution >= 4 is 0 Å². The Bertz CT molecular complexity index is 749. The second-order valence-corrected chi connectivity index (χ2v) is 5.26. The van der Waals surface area contributed by atoms with Gasteiger partial charge in [0.15, 0.2) is 23.4 Å². The molecule has 3 unspecified atom stereocenters. The predicted octanol–water partition coefficient (Wildman–Crippen LogP) is 0.743. The number of fused-ring (bicyclic) bond motifs is 1. The topological polar surface area (TPSA) is 151 Å². The molecule has 1 heterocycles. The number of rotatable bonds is 1. The van der Waals surface area contributed by atoms with Gasteiger partial charge in [-0.25, -0.2) is 0 Å². The van der Waals surface area contributed by atoms with Crippen LogP contribution in [0.4, 0.5) is 0 Å². The van der Waals surface area contributed by atoms with Gasteiger partial charge in [-0.2, -0.15) is 0 Å². The summed E-state index contributed by atoms with van der Waals surface area (Å²) in [4.78, 5) is 0. The third-order valence-electron chi connectivity index (χ3n) is 3.71. The summed E-state index contributed by atoms with van der Waals surface area (Å²) < 4.78 is 5.48. The van der Waals surface area contributed by atoms with Crippen molar-refractivity contribution in [3.8, 4) is 34.5 Å². The molecule has 7 N–H and O–H groups in total. The zero-order valence-electron chi connectivity index (χ0n) is 11.6. The molecule has 23 heavy (non-hydrogen) atoms. The highest BCUT2D eigenvalue weighted by Crippen LogP contribution is 2.48. The molecule has 0 aliphatic carbocycles. The lowest BCUT2D eigenvalue weighted by Crippen LogP contribution is -2.34. The minimum atomic E-state index is -1.53. The largest absolute Gasteiger partial charge is 0.508 e. The summed E-state index contributed by atoms with van der Waals surface area (Å²) in [7, 11) is 0. The minimum Gasteiger partial charge on any atom is -0.508 e. The monoisotopic (exact) mass is 322 g/mol. The summed E-state index contributed by atoms with van der Waals surface area (Å²) >= 11 is 0. The molecular weight excluding hydrogens is 308 g/mol. The highest BCUT2D eigenvalue weighted by molar-refractivity contribution is 5.55. The maximum absolute atomic E-state index is 10.2. The van der Waals surface area contributed by atoms with Crippen LogP contribution in [0, 0.1) is 0 Å². The smallest absolute Gasteiger partial charge is 0.200 e. The van der Waals surface area contributed by atoms with Crippen molar-refractivity contribution in [2.24, 2.45) is 0 Å². The van der Waals surface area contributed by atoms with Crippen LogP contribution in [-0.2, 0) is 0 Å². The van der Waals surface area contributed by atoms with E-state index in [-0.39, 0.29) is 22.6 Å². The number of ether oxygens (including phenoxy) is 1. The van der Waals surface area contributed by atoms with E-state index in [0.29, 0.717) is 0 Å². The van der Waals surface area contributed by atoms with Crippen molar-refractivity contribution in [1.82, 2.24) is 0 Å². The zero-order chi connectivity index (χ0) is 16.9. The molecule has 122 valence electrons. The standard InChI is InChI=1S/C15H14O8/c16-6-3-7(17)11-10(4-6)23-15(14(22)13(11)21)5-1-8(18)12(20)9(19)2-5/h1-4,13-22H. The number of aromatic hydroxyl groups is 5.